The number of sulfonamides is 1. The molecule has 26 heavy (non-hydrogen) atoms. The van der Waals surface area contributed by atoms with E-state index in [0.717, 1.165) is 11.3 Å². The van der Waals surface area contributed by atoms with E-state index in [9.17, 15) is 18.5 Å². The van der Waals surface area contributed by atoms with Crippen molar-refractivity contribution in [1.29, 1.82) is 0 Å². The van der Waals surface area contributed by atoms with Crippen LogP contribution >= 0.6 is 0 Å². The zero-order chi connectivity index (χ0) is 18.7. The minimum Gasteiger partial charge on any atom is -0.369 e. The molecule has 0 N–H and O–H groups in total. The molecule has 1 fully saturated rings. The van der Waals surface area contributed by atoms with Gasteiger partial charge in [0.05, 0.1) is 10.7 Å². The molecule has 7 nitrogen and oxygen atoms in total. The molecule has 0 aliphatic carbocycles. The molecule has 1 atom stereocenters. The Labute approximate surface area is 153 Å². The van der Waals surface area contributed by atoms with E-state index in [1.807, 2.05) is 37.3 Å². The van der Waals surface area contributed by atoms with Crippen LogP contribution in [-0.4, -0.2) is 43.3 Å². The number of nitro groups is 1. The van der Waals surface area contributed by atoms with E-state index in [1.54, 1.807) is 16.4 Å². The van der Waals surface area contributed by atoms with Crippen molar-refractivity contribution in [2.24, 2.45) is 0 Å². The Morgan fingerprint density at radius 2 is 1.73 bits per heavy atom. The summed E-state index contributed by atoms with van der Waals surface area (Å²) in [6.07, 6.45) is 0. The molecule has 1 saturated heterocycles. The summed E-state index contributed by atoms with van der Waals surface area (Å²) in [4.78, 5) is 12.4. The number of nitrogens with zero attached hydrogens (tertiary/aromatic N) is 3. The fraction of sp³-hybridized carbons (Fsp3) is 0.333. The molecule has 0 aromatic heterocycles. The third-order valence-electron chi connectivity index (χ3n) is 4.54. The first-order chi connectivity index (χ1) is 12.4. The van der Waals surface area contributed by atoms with E-state index in [2.05, 4.69) is 4.90 Å². The number of non-ortho nitro benzene ring substituents is 1. The van der Waals surface area contributed by atoms with Gasteiger partial charge in [0.25, 0.3) is 5.69 Å². The van der Waals surface area contributed by atoms with Crippen LogP contribution in [0.3, 0.4) is 0 Å². The van der Waals surface area contributed by atoms with E-state index in [0.29, 0.717) is 19.6 Å². The quantitative estimate of drug-likeness (QED) is 0.592. The van der Waals surface area contributed by atoms with Gasteiger partial charge in [-0.3, -0.25) is 10.1 Å². The maximum atomic E-state index is 12.8. The topological polar surface area (TPSA) is 83.8 Å². The summed E-state index contributed by atoms with van der Waals surface area (Å²) >= 11 is 0. The number of anilines is 1. The fourth-order valence-electron chi connectivity index (χ4n) is 3.24. The lowest BCUT2D eigenvalue weighted by Gasteiger charge is -2.40. The van der Waals surface area contributed by atoms with Crippen molar-refractivity contribution in [3.63, 3.8) is 0 Å². The Kier molecular flexibility index (Phi) is 5.24. The lowest BCUT2D eigenvalue weighted by Crippen LogP contribution is -2.54. The van der Waals surface area contributed by atoms with Gasteiger partial charge in [0.2, 0.25) is 10.0 Å². The summed E-state index contributed by atoms with van der Waals surface area (Å²) in [5.41, 5.74) is 1.69. The number of piperazine rings is 1. The lowest BCUT2D eigenvalue weighted by atomic mass is 10.2. The van der Waals surface area contributed by atoms with Crippen molar-refractivity contribution in [3.05, 3.63) is 70.3 Å². The highest BCUT2D eigenvalue weighted by molar-refractivity contribution is 7.88. The SMILES string of the molecule is C[C@@H]1CN(c2ccc([N+](=O)[O-])cc2)CCN1S(=O)(=O)Cc1ccccc1. The van der Waals surface area contributed by atoms with Gasteiger partial charge >= 0.3 is 0 Å². The normalized spacial score (nSPS) is 18.7. The zero-order valence-electron chi connectivity index (χ0n) is 14.5. The molecular weight excluding hydrogens is 354 g/mol. The van der Waals surface area contributed by atoms with Gasteiger partial charge in [0.15, 0.2) is 0 Å². The Hall–Kier alpha value is -2.45. The number of hydrogen-bond donors (Lipinski definition) is 0. The van der Waals surface area contributed by atoms with Crippen molar-refractivity contribution in [2.45, 2.75) is 18.7 Å². The number of benzene rings is 2. The maximum absolute atomic E-state index is 12.8. The van der Waals surface area contributed by atoms with E-state index in [-0.39, 0.29) is 17.5 Å². The van der Waals surface area contributed by atoms with Crippen LogP contribution < -0.4 is 4.90 Å². The molecule has 0 saturated carbocycles. The monoisotopic (exact) mass is 375 g/mol. The largest absolute Gasteiger partial charge is 0.369 e. The van der Waals surface area contributed by atoms with Crippen molar-refractivity contribution in [3.8, 4) is 0 Å². The summed E-state index contributed by atoms with van der Waals surface area (Å²) < 4.78 is 27.1. The fourth-order valence-corrected chi connectivity index (χ4v) is 5.00. The third kappa shape index (κ3) is 4.03. The van der Waals surface area contributed by atoms with E-state index in [1.165, 1.54) is 12.1 Å². The molecule has 8 heteroatoms. The maximum Gasteiger partial charge on any atom is 0.269 e. The highest BCUT2D eigenvalue weighted by Gasteiger charge is 2.32. The van der Waals surface area contributed by atoms with Crippen molar-refractivity contribution < 1.29 is 13.3 Å². The average Bonchev–Trinajstić information content (AvgIpc) is 2.62. The average molecular weight is 375 g/mol. The second kappa shape index (κ2) is 7.43. The second-order valence-electron chi connectivity index (χ2n) is 6.42. The van der Waals surface area contributed by atoms with Gasteiger partial charge in [0.1, 0.15) is 0 Å². The van der Waals surface area contributed by atoms with Gasteiger partial charge in [-0.05, 0) is 24.6 Å². The van der Waals surface area contributed by atoms with Crippen molar-refractivity contribution in [1.82, 2.24) is 4.31 Å². The van der Waals surface area contributed by atoms with Crippen LogP contribution in [0.2, 0.25) is 0 Å². The highest BCUT2D eigenvalue weighted by Crippen LogP contribution is 2.24. The molecule has 1 aliphatic rings. The molecule has 1 heterocycles. The van der Waals surface area contributed by atoms with Crippen LogP contribution in [0, 0.1) is 10.1 Å². The predicted octanol–water partition coefficient (Wildman–Crippen LogP) is 2.64. The molecule has 2 aromatic carbocycles. The van der Waals surface area contributed by atoms with Gasteiger partial charge in [-0.25, -0.2) is 8.42 Å². The summed E-state index contributed by atoms with van der Waals surface area (Å²) in [5.74, 6) is -0.00425. The van der Waals surface area contributed by atoms with Crippen LogP contribution in [0.25, 0.3) is 0 Å². The van der Waals surface area contributed by atoms with Crippen LogP contribution in [0.15, 0.2) is 54.6 Å². The number of rotatable bonds is 5. The summed E-state index contributed by atoms with van der Waals surface area (Å²) in [7, 11) is -3.39. The molecule has 1 aliphatic heterocycles. The summed E-state index contributed by atoms with van der Waals surface area (Å²) in [6, 6.07) is 15.3. The first-order valence-corrected chi connectivity index (χ1v) is 10.0. The van der Waals surface area contributed by atoms with Gasteiger partial charge < -0.3 is 4.90 Å². The van der Waals surface area contributed by atoms with Crippen LogP contribution in [0.5, 0.6) is 0 Å². The molecule has 0 spiro atoms. The molecule has 2 aromatic rings. The Morgan fingerprint density at radius 1 is 1.08 bits per heavy atom. The van der Waals surface area contributed by atoms with Crippen LogP contribution in [-0.2, 0) is 15.8 Å². The first-order valence-electron chi connectivity index (χ1n) is 8.40. The minimum atomic E-state index is -3.39. The molecule has 0 unspecified atom stereocenters. The summed E-state index contributed by atoms with van der Waals surface area (Å²) in [5, 5.41) is 10.8. The predicted molar refractivity (Wildman–Crippen MR) is 101 cm³/mol. The number of nitro benzene ring substituents is 1. The Morgan fingerprint density at radius 3 is 2.31 bits per heavy atom. The first kappa shape index (κ1) is 18.3. The van der Waals surface area contributed by atoms with Gasteiger partial charge in [-0.1, -0.05) is 30.3 Å². The molecule has 0 amide bonds. The van der Waals surface area contributed by atoms with Crippen molar-refractivity contribution in [2.75, 3.05) is 24.5 Å². The standard InChI is InChI=1S/C18H21N3O4S/c1-15-13-19(17-7-9-18(10-8-17)21(22)23)11-12-20(15)26(24,25)14-16-5-3-2-4-6-16/h2-10,15H,11-14H2,1H3/t15-/m1/s1. The zero-order valence-corrected chi connectivity index (χ0v) is 15.3. The van der Waals surface area contributed by atoms with Gasteiger partial charge in [-0.2, -0.15) is 4.31 Å². The van der Waals surface area contributed by atoms with E-state index < -0.39 is 14.9 Å². The lowest BCUT2D eigenvalue weighted by molar-refractivity contribution is -0.384. The smallest absolute Gasteiger partial charge is 0.269 e. The minimum absolute atomic E-state index is 0.00425. The Balaban J connectivity index is 1.69. The van der Waals surface area contributed by atoms with E-state index >= 15 is 0 Å². The van der Waals surface area contributed by atoms with Crippen LogP contribution in [0.1, 0.15) is 12.5 Å². The van der Waals surface area contributed by atoms with Crippen LogP contribution in [0.4, 0.5) is 11.4 Å². The molecular formula is C18H21N3O4S. The molecule has 0 radical (unpaired) electrons. The van der Waals surface area contributed by atoms with Gasteiger partial charge in [-0.15, -0.1) is 0 Å². The van der Waals surface area contributed by atoms with Crippen molar-refractivity contribution >= 4 is 21.4 Å². The molecule has 138 valence electrons. The highest BCUT2D eigenvalue weighted by atomic mass is 32.2. The van der Waals surface area contributed by atoms with Gasteiger partial charge in [0, 0.05) is 43.5 Å². The second-order valence-corrected chi connectivity index (χ2v) is 8.34. The van der Waals surface area contributed by atoms with E-state index in [4.69, 9.17) is 0 Å². The molecule has 0 bridgehead atoms. The number of hydrogen-bond acceptors (Lipinski definition) is 5. The Bertz CT molecular complexity index is 869. The third-order valence-corrected chi connectivity index (χ3v) is 6.50. The summed E-state index contributed by atoms with van der Waals surface area (Å²) in [6.45, 7) is 3.38. The molecule has 3 rings (SSSR count).